The molecule has 0 bridgehead atoms. The summed E-state index contributed by atoms with van der Waals surface area (Å²) in [6.07, 6.45) is 7.96. The Morgan fingerprint density at radius 2 is 2.18 bits per heavy atom. The number of H-pyrrole nitrogens is 1. The molecule has 1 aliphatic heterocycles. The van der Waals surface area contributed by atoms with Crippen molar-refractivity contribution in [3.05, 3.63) is 47.6 Å². The highest BCUT2D eigenvalue weighted by Crippen LogP contribution is 2.40. The molecule has 2 aliphatic rings. The zero-order chi connectivity index (χ0) is 23.7. The first-order chi connectivity index (χ1) is 16.4. The molecule has 0 amide bonds. The zero-order valence-electron chi connectivity index (χ0n) is 19.8. The van der Waals surface area contributed by atoms with E-state index >= 15 is 0 Å². The monoisotopic (exact) mass is 462 g/mol. The fourth-order valence-corrected chi connectivity index (χ4v) is 4.33. The lowest BCUT2D eigenvalue weighted by Crippen LogP contribution is -2.39. The number of carbonyl (C=O) groups excluding carboxylic acids is 1. The second-order valence-corrected chi connectivity index (χ2v) is 9.57. The lowest BCUT2D eigenvalue weighted by molar-refractivity contribution is -0.107. The van der Waals surface area contributed by atoms with Crippen molar-refractivity contribution < 1.29 is 9.32 Å². The second-order valence-electron chi connectivity index (χ2n) is 9.57. The maximum Gasteiger partial charge on any atom is 0.246 e. The fourth-order valence-electron chi connectivity index (χ4n) is 4.33. The quantitative estimate of drug-likeness (QED) is 0.410. The fraction of sp³-hybridized carbons (Fsp3) is 0.458. The zero-order valence-corrected chi connectivity index (χ0v) is 19.8. The molecule has 1 aliphatic carbocycles. The third-order valence-electron chi connectivity index (χ3n) is 6.35. The van der Waals surface area contributed by atoms with Gasteiger partial charge in [-0.25, -0.2) is 4.52 Å². The van der Waals surface area contributed by atoms with Gasteiger partial charge in [0.2, 0.25) is 5.95 Å². The average Bonchev–Trinajstić information content (AvgIpc) is 3.15. The Morgan fingerprint density at radius 1 is 1.32 bits per heavy atom. The highest BCUT2D eigenvalue weighted by Gasteiger charge is 2.34. The SMILES string of the molecule is CC1(C)CCCN1c1nc(Nc2cc(C3CC3)[nH]n2)c2cccn2n1.Cc1cc(CC=O)no1. The van der Waals surface area contributed by atoms with Gasteiger partial charge < -0.3 is 19.5 Å². The number of fused-ring (bicyclic) bond motifs is 1. The Kier molecular flexibility index (Phi) is 5.80. The van der Waals surface area contributed by atoms with Crippen LogP contribution < -0.4 is 10.2 Å². The molecule has 0 spiro atoms. The molecule has 1 saturated carbocycles. The van der Waals surface area contributed by atoms with Crippen LogP contribution in [0.1, 0.15) is 62.6 Å². The molecule has 10 heteroatoms. The minimum atomic E-state index is 0.0869. The Hall–Kier alpha value is -3.69. The summed E-state index contributed by atoms with van der Waals surface area (Å²) in [5.41, 5.74) is 2.95. The molecule has 0 atom stereocenters. The number of aldehydes is 1. The smallest absolute Gasteiger partial charge is 0.246 e. The van der Waals surface area contributed by atoms with E-state index in [4.69, 9.17) is 14.6 Å². The van der Waals surface area contributed by atoms with Gasteiger partial charge in [0.25, 0.3) is 0 Å². The number of hydrogen-bond acceptors (Lipinski definition) is 8. The molecule has 2 fully saturated rings. The summed E-state index contributed by atoms with van der Waals surface area (Å²) in [6, 6.07) is 7.86. The van der Waals surface area contributed by atoms with Crippen LogP contribution >= 0.6 is 0 Å². The van der Waals surface area contributed by atoms with Gasteiger partial charge in [0.05, 0.1) is 5.69 Å². The second kappa shape index (κ2) is 8.92. The van der Waals surface area contributed by atoms with Crippen molar-refractivity contribution in [1.82, 2.24) is 30.0 Å². The summed E-state index contributed by atoms with van der Waals surface area (Å²) >= 11 is 0. The molecule has 0 aromatic carbocycles. The van der Waals surface area contributed by atoms with Gasteiger partial charge in [0.15, 0.2) is 11.6 Å². The molecule has 0 unspecified atom stereocenters. The number of nitrogens with one attached hydrogen (secondary N) is 2. The average molecular weight is 463 g/mol. The van der Waals surface area contributed by atoms with Crippen molar-refractivity contribution in [3.8, 4) is 0 Å². The van der Waals surface area contributed by atoms with Gasteiger partial charge in [-0.1, -0.05) is 5.16 Å². The van der Waals surface area contributed by atoms with Gasteiger partial charge in [-0.2, -0.15) is 10.1 Å². The summed E-state index contributed by atoms with van der Waals surface area (Å²) in [4.78, 5) is 17.0. The Morgan fingerprint density at radius 3 is 2.85 bits per heavy atom. The number of carbonyl (C=O) groups is 1. The van der Waals surface area contributed by atoms with E-state index < -0.39 is 0 Å². The molecular weight excluding hydrogens is 432 g/mol. The van der Waals surface area contributed by atoms with E-state index in [-0.39, 0.29) is 5.54 Å². The Bertz CT molecular complexity index is 1280. The van der Waals surface area contributed by atoms with E-state index in [1.807, 2.05) is 22.8 Å². The van der Waals surface area contributed by atoms with E-state index in [9.17, 15) is 4.79 Å². The standard InChI is InChI=1S/C18H23N7.C6H7NO2/c1-18(2)8-4-9-24(18)17-20-16(14-5-3-10-25(14)23-17)19-15-11-13(21-22-15)12-6-7-12;1-5-4-6(2-3-8)7-9-5/h3,5,10-12H,4,6-9H2,1-2H3,(H2,19,20,21,22,23);3-4H,2H2,1H3. The summed E-state index contributed by atoms with van der Waals surface area (Å²) in [7, 11) is 0. The van der Waals surface area contributed by atoms with Crippen molar-refractivity contribution in [2.75, 3.05) is 16.8 Å². The molecule has 34 heavy (non-hydrogen) atoms. The number of hydrogen-bond donors (Lipinski definition) is 2. The van der Waals surface area contributed by atoms with Crippen molar-refractivity contribution in [1.29, 1.82) is 0 Å². The molecule has 4 aromatic rings. The van der Waals surface area contributed by atoms with Crippen LogP contribution in [-0.4, -0.2) is 48.3 Å². The third-order valence-corrected chi connectivity index (χ3v) is 6.35. The van der Waals surface area contributed by atoms with E-state index in [0.717, 1.165) is 48.1 Å². The first-order valence-electron chi connectivity index (χ1n) is 11.7. The predicted octanol–water partition coefficient (Wildman–Crippen LogP) is 4.18. The molecular formula is C24H30N8O2. The van der Waals surface area contributed by atoms with E-state index in [1.165, 1.54) is 25.0 Å². The predicted molar refractivity (Wildman–Crippen MR) is 128 cm³/mol. The minimum absolute atomic E-state index is 0.0869. The Balaban J connectivity index is 0.000000227. The number of aromatic amines is 1. The van der Waals surface area contributed by atoms with Gasteiger partial charge in [0, 0.05) is 48.4 Å². The molecule has 1 saturated heterocycles. The first kappa shape index (κ1) is 22.1. The van der Waals surface area contributed by atoms with Gasteiger partial charge in [-0.3, -0.25) is 5.10 Å². The van der Waals surface area contributed by atoms with Crippen molar-refractivity contribution >= 4 is 29.4 Å². The normalized spacial score (nSPS) is 17.0. The third kappa shape index (κ3) is 4.66. The van der Waals surface area contributed by atoms with Crippen molar-refractivity contribution in [3.63, 3.8) is 0 Å². The van der Waals surface area contributed by atoms with Crippen molar-refractivity contribution in [2.45, 2.75) is 64.3 Å². The molecule has 178 valence electrons. The van der Waals surface area contributed by atoms with E-state index in [1.54, 1.807) is 13.0 Å². The number of aromatic nitrogens is 6. The molecule has 2 N–H and O–H groups in total. The van der Waals surface area contributed by atoms with Gasteiger partial charge in [-0.05, 0) is 58.6 Å². The lowest BCUT2D eigenvalue weighted by atomic mass is 10.0. The maximum atomic E-state index is 9.90. The number of aryl methyl sites for hydroxylation is 1. The first-order valence-corrected chi connectivity index (χ1v) is 11.7. The minimum Gasteiger partial charge on any atom is -0.361 e. The maximum absolute atomic E-state index is 9.90. The van der Waals surface area contributed by atoms with Crippen molar-refractivity contribution in [2.24, 2.45) is 0 Å². The highest BCUT2D eigenvalue weighted by atomic mass is 16.5. The summed E-state index contributed by atoms with van der Waals surface area (Å²) in [5.74, 6) is 3.78. The molecule has 0 radical (unpaired) electrons. The highest BCUT2D eigenvalue weighted by molar-refractivity contribution is 5.73. The van der Waals surface area contributed by atoms with Crippen LogP contribution in [0.2, 0.25) is 0 Å². The molecule has 5 heterocycles. The van der Waals surface area contributed by atoms with Crippen LogP contribution in [0.5, 0.6) is 0 Å². The largest absolute Gasteiger partial charge is 0.361 e. The van der Waals surface area contributed by atoms with Gasteiger partial charge in [0.1, 0.15) is 17.6 Å². The van der Waals surface area contributed by atoms with Gasteiger partial charge in [-0.15, -0.1) is 5.10 Å². The van der Waals surface area contributed by atoms with E-state index in [2.05, 4.69) is 45.5 Å². The summed E-state index contributed by atoms with van der Waals surface area (Å²) in [5, 5.41) is 19.2. The summed E-state index contributed by atoms with van der Waals surface area (Å²) < 4.78 is 6.60. The molecule has 10 nitrogen and oxygen atoms in total. The summed E-state index contributed by atoms with van der Waals surface area (Å²) in [6.45, 7) is 7.30. The molecule has 4 aromatic heterocycles. The molecule has 6 rings (SSSR count). The van der Waals surface area contributed by atoms with Crippen LogP contribution in [0.25, 0.3) is 5.52 Å². The number of nitrogens with zero attached hydrogens (tertiary/aromatic N) is 6. The van der Waals surface area contributed by atoms with Crippen LogP contribution in [-0.2, 0) is 11.2 Å². The number of rotatable bonds is 6. The van der Waals surface area contributed by atoms with Crippen LogP contribution in [0, 0.1) is 6.92 Å². The van der Waals surface area contributed by atoms with Crippen LogP contribution in [0.15, 0.2) is 35.0 Å². The van der Waals surface area contributed by atoms with Crippen LogP contribution in [0.3, 0.4) is 0 Å². The van der Waals surface area contributed by atoms with Gasteiger partial charge >= 0.3 is 0 Å². The number of anilines is 3. The van der Waals surface area contributed by atoms with Crippen LogP contribution in [0.4, 0.5) is 17.6 Å². The van der Waals surface area contributed by atoms with E-state index in [0.29, 0.717) is 18.0 Å². The lowest BCUT2D eigenvalue weighted by Gasteiger charge is -2.31. The topological polar surface area (TPSA) is 117 Å². The Labute approximate surface area is 197 Å².